The van der Waals surface area contributed by atoms with Crippen molar-refractivity contribution in [3.8, 4) is 0 Å². The lowest BCUT2D eigenvalue weighted by Gasteiger charge is -2.26. The van der Waals surface area contributed by atoms with Crippen LogP contribution in [0.2, 0.25) is 0 Å². The van der Waals surface area contributed by atoms with Gasteiger partial charge in [-0.05, 0) is 44.2 Å². The summed E-state index contributed by atoms with van der Waals surface area (Å²) in [5.41, 5.74) is 1.04. The molecule has 0 aliphatic heterocycles. The van der Waals surface area contributed by atoms with Crippen LogP contribution in [0.15, 0.2) is 18.2 Å². The number of carbonyl (C=O) groups excluding carboxylic acids is 1. The third-order valence-corrected chi connectivity index (χ3v) is 3.70. The van der Waals surface area contributed by atoms with Crippen LogP contribution in [0, 0.1) is 17.0 Å². The molecule has 20 heavy (non-hydrogen) atoms. The van der Waals surface area contributed by atoms with Crippen LogP contribution >= 0.6 is 0 Å². The molecule has 6 heteroatoms. The van der Waals surface area contributed by atoms with E-state index in [1.807, 2.05) is 0 Å². The number of hydrogen-bond acceptors (Lipinski definition) is 4. The molecule has 1 fully saturated rings. The van der Waals surface area contributed by atoms with E-state index in [1.54, 1.807) is 6.92 Å². The number of nitrogens with one attached hydrogen (secondary N) is 1. The normalized spacial score (nSPS) is 22.3. The van der Waals surface area contributed by atoms with Crippen LogP contribution in [-0.4, -0.2) is 28.1 Å². The third-order valence-electron chi connectivity index (χ3n) is 3.70. The molecule has 6 nitrogen and oxygen atoms in total. The number of aliphatic hydroxyl groups excluding tert-OH is 1. The molecule has 2 rings (SSSR count). The van der Waals surface area contributed by atoms with E-state index in [4.69, 9.17) is 0 Å². The van der Waals surface area contributed by atoms with Crippen LogP contribution in [0.4, 0.5) is 5.69 Å². The second kappa shape index (κ2) is 6.00. The number of carbonyl (C=O) groups is 1. The fraction of sp³-hybridized carbons (Fsp3) is 0.500. The van der Waals surface area contributed by atoms with Crippen LogP contribution in [0.5, 0.6) is 0 Å². The summed E-state index contributed by atoms with van der Waals surface area (Å²) in [4.78, 5) is 22.3. The van der Waals surface area contributed by atoms with Crippen LogP contribution < -0.4 is 5.32 Å². The third kappa shape index (κ3) is 3.33. The average molecular weight is 278 g/mol. The summed E-state index contributed by atoms with van der Waals surface area (Å²) in [5.74, 6) is -0.209. The minimum absolute atomic E-state index is 0.0140. The number of nitro groups is 1. The molecule has 0 aromatic heterocycles. The van der Waals surface area contributed by atoms with Gasteiger partial charge in [0.1, 0.15) is 0 Å². The molecule has 1 aliphatic rings. The minimum Gasteiger partial charge on any atom is -0.393 e. The summed E-state index contributed by atoms with van der Waals surface area (Å²) in [5, 5.41) is 23.0. The molecule has 1 aliphatic carbocycles. The predicted octanol–water partition coefficient (Wildman–Crippen LogP) is 1.94. The number of non-ortho nitro benzene ring substituents is 1. The van der Waals surface area contributed by atoms with Crippen molar-refractivity contribution in [1.82, 2.24) is 5.32 Å². The summed E-state index contributed by atoms with van der Waals surface area (Å²) in [7, 11) is 0. The van der Waals surface area contributed by atoms with Crippen LogP contribution in [0.3, 0.4) is 0 Å². The zero-order valence-corrected chi connectivity index (χ0v) is 11.3. The lowest BCUT2D eigenvalue weighted by molar-refractivity contribution is -0.384. The second-order valence-electron chi connectivity index (χ2n) is 5.24. The molecule has 0 unspecified atom stereocenters. The minimum atomic E-state index is -0.475. The Morgan fingerprint density at radius 2 is 2.00 bits per heavy atom. The summed E-state index contributed by atoms with van der Waals surface area (Å²) in [6.45, 7) is 1.69. The largest absolute Gasteiger partial charge is 0.393 e. The monoisotopic (exact) mass is 278 g/mol. The fourth-order valence-corrected chi connectivity index (χ4v) is 2.50. The van der Waals surface area contributed by atoms with Crippen molar-refractivity contribution in [2.24, 2.45) is 0 Å². The number of nitro benzene ring substituents is 1. The molecule has 0 spiro atoms. The number of benzene rings is 1. The van der Waals surface area contributed by atoms with E-state index in [0.29, 0.717) is 24.0 Å². The van der Waals surface area contributed by atoms with Gasteiger partial charge >= 0.3 is 0 Å². The molecule has 2 N–H and O–H groups in total. The van der Waals surface area contributed by atoms with E-state index >= 15 is 0 Å². The summed E-state index contributed by atoms with van der Waals surface area (Å²) < 4.78 is 0. The molecule has 1 aromatic carbocycles. The first-order valence-corrected chi connectivity index (χ1v) is 6.71. The Bertz CT molecular complexity index is 522. The van der Waals surface area contributed by atoms with Crippen LogP contribution in [0.1, 0.15) is 41.6 Å². The Morgan fingerprint density at radius 3 is 2.55 bits per heavy atom. The predicted molar refractivity (Wildman–Crippen MR) is 73.6 cm³/mol. The molecule has 1 amide bonds. The van der Waals surface area contributed by atoms with Crippen molar-refractivity contribution in [1.29, 1.82) is 0 Å². The number of nitrogens with zero attached hydrogens (tertiary/aromatic N) is 1. The molecule has 0 radical (unpaired) electrons. The van der Waals surface area contributed by atoms with Crippen molar-refractivity contribution in [2.45, 2.75) is 44.8 Å². The Morgan fingerprint density at radius 1 is 1.35 bits per heavy atom. The zero-order valence-electron chi connectivity index (χ0n) is 11.3. The van der Waals surface area contributed by atoms with Crippen LogP contribution in [-0.2, 0) is 0 Å². The Kier molecular flexibility index (Phi) is 4.34. The number of aryl methyl sites for hydroxylation is 1. The Balaban J connectivity index is 2.04. The van der Waals surface area contributed by atoms with E-state index in [-0.39, 0.29) is 23.7 Å². The first-order valence-electron chi connectivity index (χ1n) is 6.71. The SMILES string of the molecule is Cc1cc([N+](=O)[O-])ccc1C(=O)NC1CCC(O)CC1. The van der Waals surface area contributed by atoms with E-state index in [2.05, 4.69) is 5.32 Å². The first kappa shape index (κ1) is 14.5. The van der Waals surface area contributed by atoms with Crippen molar-refractivity contribution >= 4 is 11.6 Å². The lowest BCUT2D eigenvalue weighted by Crippen LogP contribution is -2.38. The number of rotatable bonds is 3. The van der Waals surface area contributed by atoms with Gasteiger partial charge in [-0.2, -0.15) is 0 Å². The molecule has 0 bridgehead atoms. The molecule has 0 heterocycles. The van der Waals surface area contributed by atoms with Gasteiger partial charge < -0.3 is 10.4 Å². The molecule has 1 saturated carbocycles. The van der Waals surface area contributed by atoms with Gasteiger partial charge in [0, 0.05) is 23.7 Å². The van der Waals surface area contributed by atoms with E-state index < -0.39 is 4.92 Å². The second-order valence-corrected chi connectivity index (χ2v) is 5.24. The maximum absolute atomic E-state index is 12.2. The van der Waals surface area contributed by atoms with Crippen molar-refractivity contribution in [3.63, 3.8) is 0 Å². The fourth-order valence-electron chi connectivity index (χ4n) is 2.50. The molecular formula is C14H18N2O4. The van der Waals surface area contributed by atoms with E-state index in [0.717, 1.165) is 12.8 Å². The summed E-state index contributed by atoms with van der Waals surface area (Å²) in [6, 6.07) is 4.30. The van der Waals surface area contributed by atoms with Gasteiger partial charge in [0.05, 0.1) is 11.0 Å². The number of hydrogen-bond donors (Lipinski definition) is 2. The van der Waals surface area contributed by atoms with E-state index in [9.17, 15) is 20.0 Å². The first-order chi connectivity index (χ1) is 9.47. The van der Waals surface area contributed by atoms with Gasteiger partial charge in [0.2, 0.25) is 0 Å². The van der Waals surface area contributed by atoms with Crippen LogP contribution in [0.25, 0.3) is 0 Å². The average Bonchev–Trinajstić information content (AvgIpc) is 2.41. The lowest BCUT2D eigenvalue weighted by atomic mass is 9.93. The van der Waals surface area contributed by atoms with Gasteiger partial charge in [-0.25, -0.2) is 0 Å². The quantitative estimate of drug-likeness (QED) is 0.652. The van der Waals surface area contributed by atoms with E-state index in [1.165, 1.54) is 18.2 Å². The Labute approximate surface area is 117 Å². The molecule has 0 saturated heterocycles. The maximum Gasteiger partial charge on any atom is 0.269 e. The standard InChI is InChI=1S/C14H18N2O4/c1-9-8-11(16(19)20)4-7-13(9)14(18)15-10-2-5-12(17)6-3-10/h4,7-8,10,12,17H,2-3,5-6H2,1H3,(H,15,18). The smallest absolute Gasteiger partial charge is 0.269 e. The van der Waals surface area contributed by atoms with Gasteiger partial charge in [0.15, 0.2) is 0 Å². The number of amides is 1. The number of aliphatic hydroxyl groups is 1. The summed E-state index contributed by atoms with van der Waals surface area (Å²) in [6.07, 6.45) is 2.66. The van der Waals surface area contributed by atoms with Gasteiger partial charge in [-0.15, -0.1) is 0 Å². The van der Waals surface area contributed by atoms with Crippen molar-refractivity contribution in [3.05, 3.63) is 39.4 Å². The highest BCUT2D eigenvalue weighted by Gasteiger charge is 2.22. The van der Waals surface area contributed by atoms with Crippen molar-refractivity contribution < 1.29 is 14.8 Å². The van der Waals surface area contributed by atoms with Crippen molar-refractivity contribution in [2.75, 3.05) is 0 Å². The highest BCUT2D eigenvalue weighted by atomic mass is 16.6. The molecular weight excluding hydrogens is 260 g/mol. The maximum atomic E-state index is 12.2. The van der Waals surface area contributed by atoms with Gasteiger partial charge in [-0.3, -0.25) is 14.9 Å². The van der Waals surface area contributed by atoms with Gasteiger partial charge in [0.25, 0.3) is 11.6 Å². The topological polar surface area (TPSA) is 92.5 Å². The van der Waals surface area contributed by atoms with Gasteiger partial charge in [-0.1, -0.05) is 0 Å². The zero-order chi connectivity index (χ0) is 14.7. The molecule has 0 atom stereocenters. The highest BCUT2D eigenvalue weighted by molar-refractivity contribution is 5.96. The molecule has 108 valence electrons. The highest BCUT2D eigenvalue weighted by Crippen LogP contribution is 2.20. The summed E-state index contributed by atoms with van der Waals surface area (Å²) >= 11 is 0. The Hall–Kier alpha value is -1.95. The molecule has 1 aromatic rings.